The second-order valence-corrected chi connectivity index (χ2v) is 11.7. The third-order valence-electron chi connectivity index (χ3n) is 8.21. The van der Waals surface area contributed by atoms with E-state index >= 15 is 0 Å². The normalized spacial score (nSPS) is 24.1. The zero-order chi connectivity index (χ0) is 27.4. The summed E-state index contributed by atoms with van der Waals surface area (Å²) in [6.45, 7) is 6.58. The minimum atomic E-state index is -0.963. The quantitative estimate of drug-likeness (QED) is 0.516. The molecule has 0 aromatic heterocycles. The lowest BCUT2D eigenvalue weighted by Crippen LogP contribution is -2.49. The first-order chi connectivity index (χ1) is 18.2. The first kappa shape index (κ1) is 27.7. The number of ether oxygens (including phenoxy) is 1. The summed E-state index contributed by atoms with van der Waals surface area (Å²) in [5, 5.41) is 23.6. The van der Waals surface area contributed by atoms with Crippen LogP contribution in [-0.2, 0) is 16.1 Å². The summed E-state index contributed by atoms with van der Waals surface area (Å²) < 4.78 is 5.56. The maximum atomic E-state index is 14.1. The summed E-state index contributed by atoms with van der Waals surface area (Å²) in [5.74, 6) is -0.893. The Morgan fingerprint density at radius 3 is 2.37 bits per heavy atom. The number of carbonyl (C=O) groups excluding carboxylic acids is 1. The summed E-state index contributed by atoms with van der Waals surface area (Å²) in [4.78, 5) is 28.8. The molecule has 38 heavy (non-hydrogen) atoms. The number of benzene rings is 2. The molecule has 4 rings (SSSR count). The van der Waals surface area contributed by atoms with E-state index in [1.807, 2.05) is 36.4 Å². The van der Waals surface area contributed by atoms with Crippen LogP contribution in [0.15, 0.2) is 48.5 Å². The fraction of sp³-hybridized carbons (Fsp3) is 0.516. The number of rotatable bonds is 7. The number of carboxylic acids is 1. The van der Waals surface area contributed by atoms with Gasteiger partial charge < -0.3 is 20.1 Å². The van der Waals surface area contributed by atoms with Gasteiger partial charge >= 0.3 is 5.97 Å². The largest absolute Gasteiger partial charge is 0.496 e. The number of hydrogen-bond acceptors (Lipinski definition) is 5. The van der Waals surface area contributed by atoms with Crippen molar-refractivity contribution in [2.24, 2.45) is 17.3 Å². The first-order valence-corrected chi connectivity index (χ1v) is 13.6. The van der Waals surface area contributed by atoms with Gasteiger partial charge in [-0.2, -0.15) is 5.26 Å². The van der Waals surface area contributed by atoms with Gasteiger partial charge in [0.1, 0.15) is 11.8 Å². The molecule has 7 heteroatoms. The Labute approximate surface area is 225 Å². The Balaban J connectivity index is 1.79. The van der Waals surface area contributed by atoms with Crippen molar-refractivity contribution in [1.82, 2.24) is 10.2 Å². The maximum absolute atomic E-state index is 14.1. The van der Waals surface area contributed by atoms with Crippen molar-refractivity contribution < 1.29 is 19.4 Å². The van der Waals surface area contributed by atoms with E-state index in [4.69, 9.17) is 4.74 Å². The zero-order valence-corrected chi connectivity index (χ0v) is 22.8. The number of aliphatic carboxylic acids is 1. The van der Waals surface area contributed by atoms with Crippen molar-refractivity contribution >= 4 is 11.9 Å². The molecule has 2 N–H and O–H groups in total. The number of methoxy groups -OCH3 is 1. The molecule has 1 aliphatic heterocycles. The highest BCUT2D eigenvalue weighted by Crippen LogP contribution is 2.49. The minimum Gasteiger partial charge on any atom is -0.496 e. The Hall–Kier alpha value is -3.37. The van der Waals surface area contributed by atoms with Gasteiger partial charge in [-0.1, -0.05) is 76.4 Å². The van der Waals surface area contributed by atoms with Crippen molar-refractivity contribution in [3.05, 3.63) is 65.2 Å². The third-order valence-corrected chi connectivity index (χ3v) is 8.21. The number of amides is 1. The third kappa shape index (κ3) is 5.56. The molecule has 4 unspecified atom stereocenters. The van der Waals surface area contributed by atoms with E-state index in [0.717, 1.165) is 43.2 Å². The average Bonchev–Trinajstić information content (AvgIpc) is 3.28. The number of likely N-dealkylation sites (tertiary alicyclic amines) is 1. The van der Waals surface area contributed by atoms with Gasteiger partial charge in [0.25, 0.3) is 0 Å². The van der Waals surface area contributed by atoms with E-state index in [1.165, 1.54) is 0 Å². The molecule has 2 aliphatic rings. The fourth-order valence-electron chi connectivity index (χ4n) is 6.48. The Morgan fingerprint density at radius 1 is 1.11 bits per heavy atom. The van der Waals surface area contributed by atoms with Gasteiger partial charge in [-0.3, -0.25) is 4.79 Å². The van der Waals surface area contributed by atoms with Crippen molar-refractivity contribution in [3.8, 4) is 11.8 Å². The topological polar surface area (TPSA) is 103 Å². The van der Waals surface area contributed by atoms with E-state index in [2.05, 4.69) is 32.2 Å². The summed E-state index contributed by atoms with van der Waals surface area (Å²) in [6.07, 6.45) is 4.74. The SMILES string of the molecule is COc1cc(C#N)ccc1CNC1C(c2ccccc2)N(C(=O)C2CCCCC2)C(C(=O)O)C1C(C)(C)C. The van der Waals surface area contributed by atoms with Crippen LogP contribution in [0.2, 0.25) is 0 Å². The highest BCUT2D eigenvalue weighted by Gasteiger charge is 2.58. The minimum absolute atomic E-state index is 0.0412. The molecular formula is C31H39N3O4. The summed E-state index contributed by atoms with van der Waals surface area (Å²) in [5.41, 5.74) is 1.91. The van der Waals surface area contributed by atoms with Crippen LogP contribution >= 0.6 is 0 Å². The molecule has 1 saturated carbocycles. The molecule has 0 radical (unpaired) electrons. The maximum Gasteiger partial charge on any atom is 0.326 e. The molecular weight excluding hydrogens is 478 g/mol. The zero-order valence-electron chi connectivity index (χ0n) is 22.8. The number of carboxylic acid groups (broad SMARTS) is 1. The second-order valence-electron chi connectivity index (χ2n) is 11.7. The molecule has 1 amide bonds. The highest BCUT2D eigenvalue weighted by molar-refractivity contribution is 5.87. The monoisotopic (exact) mass is 517 g/mol. The predicted octanol–water partition coefficient (Wildman–Crippen LogP) is 5.30. The van der Waals surface area contributed by atoms with Crippen LogP contribution in [0.5, 0.6) is 5.75 Å². The van der Waals surface area contributed by atoms with Gasteiger partial charge in [0.2, 0.25) is 5.91 Å². The fourth-order valence-corrected chi connectivity index (χ4v) is 6.48. The molecule has 202 valence electrons. The molecule has 2 aromatic carbocycles. The number of nitrogens with one attached hydrogen (secondary N) is 1. The second kappa shape index (κ2) is 11.6. The van der Waals surface area contributed by atoms with Crippen LogP contribution in [0.4, 0.5) is 0 Å². The van der Waals surface area contributed by atoms with Gasteiger partial charge in [-0.15, -0.1) is 0 Å². The lowest BCUT2D eigenvalue weighted by molar-refractivity contribution is -0.154. The van der Waals surface area contributed by atoms with Gasteiger partial charge in [0.15, 0.2) is 0 Å². The van der Waals surface area contributed by atoms with E-state index in [-0.39, 0.29) is 23.8 Å². The van der Waals surface area contributed by atoms with Gasteiger partial charge in [-0.05, 0) is 36.0 Å². The van der Waals surface area contributed by atoms with Crippen LogP contribution in [0, 0.1) is 28.6 Å². The van der Waals surface area contributed by atoms with Crippen molar-refractivity contribution in [2.75, 3.05) is 7.11 Å². The smallest absolute Gasteiger partial charge is 0.326 e. The molecule has 2 aromatic rings. The molecule has 4 atom stereocenters. The van der Waals surface area contributed by atoms with Crippen molar-refractivity contribution in [2.45, 2.75) is 77.5 Å². The standard InChI is InChI=1S/C31H39N3O4/c1-31(2,3)25-26(33-19-23-16-15-20(18-32)17-24(23)38-4)27(21-11-7-5-8-12-21)34(28(25)30(36)37)29(35)22-13-9-6-10-14-22/h5,7-8,11-12,15-17,22,25-28,33H,6,9-10,13-14,19H2,1-4H3,(H,36,37). The number of hydrogen-bond donors (Lipinski definition) is 2. The molecule has 1 heterocycles. The number of carbonyl (C=O) groups is 2. The summed E-state index contributed by atoms with van der Waals surface area (Å²) in [7, 11) is 1.57. The Kier molecular flexibility index (Phi) is 8.42. The molecule has 1 aliphatic carbocycles. The predicted molar refractivity (Wildman–Crippen MR) is 145 cm³/mol. The summed E-state index contributed by atoms with van der Waals surface area (Å²) in [6, 6.07) is 15.6. The van der Waals surface area contributed by atoms with Crippen LogP contribution in [0.1, 0.15) is 75.6 Å². The van der Waals surface area contributed by atoms with E-state index in [1.54, 1.807) is 24.1 Å². The van der Waals surface area contributed by atoms with Crippen LogP contribution in [0.3, 0.4) is 0 Å². The van der Waals surface area contributed by atoms with Gasteiger partial charge in [0, 0.05) is 30.0 Å². The van der Waals surface area contributed by atoms with Gasteiger partial charge in [0.05, 0.1) is 24.8 Å². The van der Waals surface area contributed by atoms with E-state index in [0.29, 0.717) is 17.9 Å². The lowest BCUT2D eigenvalue weighted by atomic mass is 9.72. The Morgan fingerprint density at radius 2 is 1.79 bits per heavy atom. The lowest BCUT2D eigenvalue weighted by Gasteiger charge is -2.36. The van der Waals surface area contributed by atoms with Crippen LogP contribution in [0.25, 0.3) is 0 Å². The number of nitriles is 1. The average molecular weight is 518 g/mol. The van der Waals surface area contributed by atoms with Crippen LogP contribution < -0.4 is 10.1 Å². The van der Waals surface area contributed by atoms with Crippen molar-refractivity contribution in [3.63, 3.8) is 0 Å². The highest BCUT2D eigenvalue weighted by atomic mass is 16.5. The molecule has 1 saturated heterocycles. The Bertz CT molecular complexity index is 1180. The van der Waals surface area contributed by atoms with Crippen LogP contribution in [-0.4, -0.2) is 41.1 Å². The molecule has 0 bridgehead atoms. The summed E-state index contributed by atoms with van der Waals surface area (Å²) >= 11 is 0. The molecule has 2 fully saturated rings. The van der Waals surface area contributed by atoms with Gasteiger partial charge in [-0.25, -0.2) is 4.79 Å². The molecule has 0 spiro atoms. The first-order valence-electron chi connectivity index (χ1n) is 13.6. The molecule has 7 nitrogen and oxygen atoms in total. The van der Waals surface area contributed by atoms with Crippen molar-refractivity contribution in [1.29, 1.82) is 5.26 Å². The number of nitrogens with zero attached hydrogens (tertiary/aromatic N) is 2. The van der Waals surface area contributed by atoms with E-state index in [9.17, 15) is 20.0 Å². The van der Waals surface area contributed by atoms with E-state index < -0.39 is 23.5 Å².